The Morgan fingerprint density at radius 1 is 1.32 bits per heavy atom. The number of methoxy groups -OCH3 is 1. The first kappa shape index (κ1) is 23.1. The molecule has 0 spiro atoms. The minimum absolute atomic E-state index is 0.00844. The summed E-state index contributed by atoms with van der Waals surface area (Å²) in [5.74, 6) is -0.871. The first-order chi connectivity index (χ1) is 14.8. The van der Waals surface area contributed by atoms with E-state index >= 15 is 0 Å². The van der Waals surface area contributed by atoms with Crippen LogP contribution in [0, 0.1) is 5.41 Å². The lowest BCUT2D eigenvalue weighted by atomic mass is 9.81. The summed E-state index contributed by atoms with van der Waals surface area (Å²) in [6.07, 6.45) is 4.92. The molecule has 0 bridgehead atoms. The van der Waals surface area contributed by atoms with Gasteiger partial charge in [0.05, 0.1) is 13.2 Å². The first-order valence-corrected chi connectivity index (χ1v) is 10.9. The summed E-state index contributed by atoms with van der Waals surface area (Å²) in [7, 11) is 1.40. The fourth-order valence-electron chi connectivity index (χ4n) is 4.56. The molecule has 2 fully saturated rings. The highest BCUT2D eigenvalue weighted by Crippen LogP contribution is 2.41. The van der Waals surface area contributed by atoms with E-state index in [1.807, 2.05) is 6.92 Å². The maximum atomic E-state index is 13.2. The molecule has 3 rings (SSSR count). The number of ether oxygens (including phenoxy) is 2. The highest BCUT2D eigenvalue weighted by molar-refractivity contribution is 5.99. The maximum Gasteiger partial charge on any atom is 0.252 e. The minimum Gasteiger partial charge on any atom is -0.504 e. The fraction of sp³-hybridized carbons (Fsp3) is 0.609. The van der Waals surface area contributed by atoms with Gasteiger partial charge < -0.3 is 25.2 Å². The summed E-state index contributed by atoms with van der Waals surface area (Å²) in [6.45, 7) is 4.03. The van der Waals surface area contributed by atoms with E-state index in [-0.39, 0.29) is 46.9 Å². The van der Waals surface area contributed by atoms with E-state index in [4.69, 9.17) is 9.47 Å². The lowest BCUT2D eigenvalue weighted by Gasteiger charge is -2.30. The molecule has 0 aromatic heterocycles. The van der Waals surface area contributed by atoms with Gasteiger partial charge in [-0.3, -0.25) is 14.4 Å². The van der Waals surface area contributed by atoms with Crippen LogP contribution in [-0.2, 0) is 14.3 Å². The second-order valence-corrected chi connectivity index (χ2v) is 8.84. The molecule has 1 aliphatic carbocycles. The topological polar surface area (TPSA) is 114 Å². The average molecular weight is 433 g/mol. The van der Waals surface area contributed by atoms with Crippen molar-refractivity contribution in [3.63, 3.8) is 0 Å². The number of phenols is 1. The van der Waals surface area contributed by atoms with Crippen LogP contribution in [0.4, 0.5) is 0 Å². The Kier molecular flexibility index (Phi) is 7.20. The van der Waals surface area contributed by atoms with Gasteiger partial charge in [0.2, 0.25) is 5.91 Å². The zero-order valence-corrected chi connectivity index (χ0v) is 18.4. The van der Waals surface area contributed by atoms with Crippen molar-refractivity contribution in [3.05, 3.63) is 23.8 Å². The van der Waals surface area contributed by atoms with Gasteiger partial charge >= 0.3 is 0 Å². The van der Waals surface area contributed by atoms with Gasteiger partial charge in [-0.15, -0.1) is 0 Å². The molecular formula is C23H32N2O6. The summed E-state index contributed by atoms with van der Waals surface area (Å²) >= 11 is 0. The van der Waals surface area contributed by atoms with Crippen LogP contribution in [0.3, 0.4) is 0 Å². The Bertz CT molecular complexity index is 833. The van der Waals surface area contributed by atoms with Crippen molar-refractivity contribution in [2.45, 2.75) is 70.6 Å². The molecule has 1 unspecified atom stereocenters. The lowest BCUT2D eigenvalue weighted by Crippen LogP contribution is -2.54. The fourth-order valence-corrected chi connectivity index (χ4v) is 4.56. The molecule has 3 N–H and O–H groups in total. The molecule has 1 aromatic rings. The van der Waals surface area contributed by atoms with Gasteiger partial charge in [-0.1, -0.05) is 26.7 Å². The van der Waals surface area contributed by atoms with Gasteiger partial charge in [-0.2, -0.15) is 0 Å². The standard InChI is InChI=1S/C23H32N2O6/c1-4-18-20(17(27)13-31-18)25-22(29)15(12-23(2)9-5-6-10-23)24-21(28)14-7-8-16(26)19(11-14)30-3/h7-8,11,15,18,20,26H,4-6,9-10,12-13H2,1-3H3,(H,24,28)(H,25,29)/t15-,18-,20?/m0/s1. The normalized spacial score (nSPS) is 23.4. The van der Waals surface area contributed by atoms with Crippen LogP contribution < -0.4 is 15.4 Å². The minimum atomic E-state index is -0.790. The van der Waals surface area contributed by atoms with Gasteiger partial charge in [-0.25, -0.2) is 0 Å². The number of phenolic OH excluding ortho intramolecular Hbond substituents is 1. The third-order valence-corrected chi connectivity index (χ3v) is 6.43. The number of hydrogen-bond acceptors (Lipinski definition) is 6. The van der Waals surface area contributed by atoms with Crippen LogP contribution in [0.2, 0.25) is 0 Å². The molecule has 1 aliphatic heterocycles. The summed E-state index contributed by atoms with van der Waals surface area (Å²) < 4.78 is 10.5. The Balaban J connectivity index is 1.78. The van der Waals surface area contributed by atoms with Gasteiger partial charge in [0.15, 0.2) is 17.3 Å². The van der Waals surface area contributed by atoms with Crippen molar-refractivity contribution in [2.24, 2.45) is 5.41 Å². The zero-order valence-electron chi connectivity index (χ0n) is 18.4. The van der Waals surface area contributed by atoms with Crippen molar-refractivity contribution < 1.29 is 29.0 Å². The van der Waals surface area contributed by atoms with E-state index in [1.54, 1.807) is 0 Å². The van der Waals surface area contributed by atoms with E-state index in [1.165, 1.54) is 25.3 Å². The summed E-state index contributed by atoms with van der Waals surface area (Å²) in [5, 5.41) is 15.4. The molecular weight excluding hydrogens is 400 g/mol. The number of nitrogens with one attached hydrogen (secondary N) is 2. The molecule has 2 amide bonds. The lowest BCUT2D eigenvalue weighted by molar-refractivity contribution is -0.128. The number of Topliss-reactive ketones (excluding diaryl/α,β-unsaturated/α-hetero) is 1. The molecule has 8 nitrogen and oxygen atoms in total. The number of amides is 2. The number of benzene rings is 1. The summed E-state index contributed by atoms with van der Waals surface area (Å²) in [6, 6.07) is 2.80. The third-order valence-electron chi connectivity index (χ3n) is 6.43. The largest absolute Gasteiger partial charge is 0.504 e. The van der Waals surface area contributed by atoms with Crippen LogP contribution in [-0.4, -0.2) is 54.6 Å². The van der Waals surface area contributed by atoms with Crippen LogP contribution in [0.5, 0.6) is 11.5 Å². The van der Waals surface area contributed by atoms with E-state index in [0.717, 1.165) is 25.7 Å². The highest BCUT2D eigenvalue weighted by Gasteiger charge is 2.39. The molecule has 1 heterocycles. The number of hydrogen-bond donors (Lipinski definition) is 3. The number of aromatic hydroxyl groups is 1. The van der Waals surface area contributed by atoms with Gasteiger partial charge in [-0.05, 0) is 49.3 Å². The number of rotatable bonds is 8. The SMILES string of the molecule is CC[C@@H]1OCC(=O)C1NC(=O)[C@H](CC1(C)CCCC1)NC(=O)c1ccc(O)c(OC)c1. The number of carbonyl (C=O) groups excluding carboxylic acids is 3. The smallest absolute Gasteiger partial charge is 0.252 e. The van der Waals surface area contributed by atoms with E-state index in [0.29, 0.717) is 12.8 Å². The van der Waals surface area contributed by atoms with Gasteiger partial charge in [0.1, 0.15) is 18.7 Å². The van der Waals surface area contributed by atoms with Crippen molar-refractivity contribution in [3.8, 4) is 11.5 Å². The Morgan fingerprint density at radius 2 is 2.03 bits per heavy atom. The zero-order chi connectivity index (χ0) is 22.6. The molecule has 1 saturated heterocycles. The predicted molar refractivity (Wildman–Crippen MR) is 114 cm³/mol. The molecule has 0 radical (unpaired) electrons. The van der Waals surface area contributed by atoms with Crippen molar-refractivity contribution in [1.29, 1.82) is 0 Å². The Morgan fingerprint density at radius 3 is 2.68 bits per heavy atom. The molecule has 3 atom stereocenters. The Labute approximate surface area is 182 Å². The highest BCUT2D eigenvalue weighted by atomic mass is 16.5. The van der Waals surface area contributed by atoms with Crippen LogP contribution in [0.15, 0.2) is 18.2 Å². The molecule has 170 valence electrons. The maximum absolute atomic E-state index is 13.2. The quantitative estimate of drug-likeness (QED) is 0.581. The summed E-state index contributed by atoms with van der Waals surface area (Å²) in [5.41, 5.74) is 0.221. The van der Waals surface area contributed by atoms with Gasteiger partial charge in [0.25, 0.3) is 5.91 Å². The predicted octanol–water partition coefficient (Wildman–Crippen LogP) is 2.33. The van der Waals surface area contributed by atoms with Crippen molar-refractivity contribution in [2.75, 3.05) is 13.7 Å². The first-order valence-electron chi connectivity index (χ1n) is 10.9. The molecule has 2 aliphatic rings. The molecule has 31 heavy (non-hydrogen) atoms. The Hall–Kier alpha value is -2.61. The molecule has 1 saturated carbocycles. The van der Waals surface area contributed by atoms with E-state index in [2.05, 4.69) is 17.6 Å². The summed E-state index contributed by atoms with van der Waals surface area (Å²) in [4.78, 5) is 38.3. The van der Waals surface area contributed by atoms with Crippen molar-refractivity contribution >= 4 is 17.6 Å². The average Bonchev–Trinajstić information content (AvgIpc) is 3.33. The monoisotopic (exact) mass is 432 g/mol. The molecule has 1 aromatic carbocycles. The van der Waals surface area contributed by atoms with Crippen molar-refractivity contribution in [1.82, 2.24) is 10.6 Å². The number of ketones is 1. The molecule has 8 heteroatoms. The second-order valence-electron chi connectivity index (χ2n) is 8.84. The van der Waals surface area contributed by atoms with Crippen LogP contribution in [0.1, 0.15) is 62.7 Å². The second kappa shape index (κ2) is 9.68. The van der Waals surface area contributed by atoms with Crippen LogP contribution in [0.25, 0.3) is 0 Å². The third kappa shape index (κ3) is 5.36. The van der Waals surface area contributed by atoms with Crippen LogP contribution >= 0.6 is 0 Å². The van der Waals surface area contributed by atoms with E-state index < -0.39 is 18.0 Å². The number of carbonyl (C=O) groups is 3. The van der Waals surface area contributed by atoms with E-state index in [9.17, 15) is 19.5 Å². The van der Waals surface area contributed by atoms with Gasteiger partial charge in [0, 0.05) is 5.56 Å².